The maximum absolute atomic E-state index is 13.6. The van der Waals surface area contributed by atoms with Crippen LogP contribution in [0.4, 0.5) is 26.3 Å². The zero-order valence-corrected chi connectivity index (χ0v) is 20.6. The van der Waals surface area contributed by atoms with E-state index in [0.29, 0.717) is 47.1 Å². The summed E-state index contributed by atoms with van der Waals surface area (Å²) in [5.41, 5.74) is -2.13. The Balaban J connectivity index is 1.38. The van der Waals surface area contributed by atoms with E-state index in [1.54, 1.807) is 29.2 Å². The Morgan fingerprint density at radius 3 is 2.56 bits per heavy atom. The van der Waals surface area contributed by atoms with Gasteiger partial charge in [-0.2, -0.15) is 36.4 Å². The summed E-state index contributed by atoms with van der Waals surface area (Å²) < 4.78 is 80.9. The van der Waals surface area contributed by atoms with Crippen molar-refractivity contribution < 1.29 is 41.0 Å². The Kier molecular flexibility index (Phi) is 6.69. The number of amidine groups is 1. The van der Waals surface area contributed by atoms with Crippen LogP contribution in [0.1, 0.15) is 35.1 Å². The SMILES string of the molecule is O=C1N=C(N2CCCC2C(=O)O)SC1=Cc1ccc2c(cnn2Cc2ccc(C(F)(F)F)cc2C(F)(F)F)c1. The van der Waals surface area contributed by atoms with Crippen LogP contribution in [0.3, 0.4) is 0 Å². The zero-order chi connectivity index (χ0) is 28.1. The predicted molar refractivity (Wildman–Crippen MR) is 131 cm³/mol. The van der Waals surface area contributed by atoms with E-state index >= 15 is 0 Å². The number of likely N-dealkylation sites (tertiary alicyclic amines) is 1. The van der Waals surface area contributed by atoms with Crippen molar-refractivity contribution in [2.75, 3.05) is 6.54 Å². The molecule has 1 N–H and O–H groups in total. The standard InChI is InChI=1S/C25H18F6N4O3S/c26-24(27,28)16-5-4-14(17(10-16)25(29,30)31)12-35-18-6-3-13(8-15(18)11-32-35)9-20-21(36)33-23(39-20)34-7-1-2-19(34)22(37)38/h3-6,8-11,19H,1-2,7,12H2,(H,37,38). The number of aliphatic carboxylic acids is 1. The molecular weight excluding hydrogens is 550 g/mol. The van der Waals surface area contributed by atoms with E-state index in [1.165, 1.54) is 10.9 Å². The molecule has 39 heavy (non-hydrogen) atoms. The maximum atomic E-state index is 13.6. The summed E-state index contributed by atoms with van der Waals surface area (Å²) in [6, 6.07) is 5.62. The van der Waals surface area contributed by atoms with E-state index in [2.05, 4.69) is 10.1 Å². The quantitative estimate of drug-likeness (QED) is 0.324. The fourth-order valence-corrected chi connectivity index (χ4v) is 5.55. The van der Waals surface area contributed by atoms with Crippen LogP contribution in [0, 0.1) is 0 Å². The number of carbonyl (C=O) groups is 2. The van der Waals surface area contributed by atoms with Crippen molar-refractivity contribution in [1.29, 1.82) is 0 Å². The number of benzene rings is 2. The van der Waals surface area contributed by atoms with Crippen LogP contribution in [0.15, 0.2) is 52.5 Å². The number of carboxylic acid groups (broad SMARTS) is 1. The smallest absolute Gasteiger partial charge is 0.416 e. The summed E-state index contributed by atoms with van der Waals surface area (Å²) in [6.07, 6.45) is -5.81. The fraction of sp³-hybridized carbons (Fsp3) is 0.280. The molecule has 3 heterocycles. The van der Waals surface area contributed by atoms with Gasteiger partial charge in [0.25, 0.3) is 5.91 Å². The molecule has 2 aliphatic rings. The van der Waals surface area contributed by atoms with E-state index < -0.39 is 47.9 Å². The first-order valence-electron chi connectivity index (χ1n) is 11.6. The molecule has 1 atom stereocenters. The van der Waals surface area contributed by atoms with Gasteiger partial charge in [-0.15, -0.1) is 0 Å². The number of aliphatic imine (C=N–C) groups is 1. The monoisotopic (exact) mass is 568 g/mol. The van der Waals surface area contributed by atoms with Gasteiger partial charge in [-0.25, -0.2) is 4.79 Å². The molecule has 1 aromatic heterocycles. The van der Waals surface area contributed by atoms with Gasteiger partial charge in [-0.3, -0.25) is 9.48 Å². The lowest BCUT2D eigenvalue weighted by Crippen LogP contribution is -2.38. The van der Waals surface area contributed by atoms with Gasteiger partial charge in [-0.1, -0.05) is 12.1 Å². The number of hydrogen-bond acceptors (Lipinski definition) is 5. The van der Waals surface area contributed by atoms with Crippen molar-refractivity contribution in [1.82, 2.24) is 14.7 Å². The summed E-state index contributed by atoms with van der Waals surface area (Å²) in [5, 5.41) is 14.4. The van der Waals surface area contributed by atoms with Crippen LogP contribution in [0.25, 0.3) is 17.0 Å². The first-order chi connectivity index (χ1) is 18.3. The van der Waals surface area contributed by atoms with Crippen molar-refractivity contribution >= 4 is 45.8 Å². The number of carboxylic acids is 1. The molecule has 14 heteroatoms. The zero-order valence-electron chi connectivity index (χ0n) is 19.8. The number of thioether (sulfide) groups is 1. The van der Waals surface area contributed by atoms with E-state index in [1.807, 2.05) is 0 Å². The molecule has 0 spiro atoms. The van der Waals surface area contributed by atoms with Crippen LogP contribution in [-0.4, -0.2) is 49.4 Å². The minimum absolute atomic E-state index is 0.0960. The normalized spacial score (nSPS) is 19.4. The molecule has 3 aromatic rings. The predicted octanol–water partition coefficient (Wildman–Crippen LogP) is 5.64. The lowest BCUT2D eigenvalue weighted by Gasteiger charge is -2.21. The number of rotatable bonds is 4. The van der Waals surface area contributed by atoms with Gasteiger partial charge in [0, 0.05) is 11.9 Å². The van der Waals surface area contributed by atoms with E-state index in [9.17, 15) is 41.0 Å². The summed E-state index contributed by atoms with van der Waals surface area (Å²) in [5.74, 6) is -1.49. The van der Waals surface area contributed by atoms with Gasteiger partial charge in [0.1, 0.15) is 6.04 Å². The van der Waals surface area contributed by atoms with Crippen LogP contribution in [0.2, 0.25) is 0 Å². The van der Waals surface area contributed by atoms with Gasteiger partial charge in [0.05, 0.1) is 34.3 Å². The Bertz CT molecular complexity index is 1540. The number of carbonyl (C=O) groups excluding carboxylic acids is 1. The van der Waals surface area contributed by atoms with Crippen LogP contribution < -0.4 is 0 Å². The molecule has 0 bridgehead atoms. The first kappa shape index (κ1) is 26.8. The van der Waals surface area contributed by atoms with Gasteiger partial charge >= 0.3 is 18.3 Å². The Morgan fingerprint density at radius 2 is 1.87 bits per heavy atom. The highest BCUT2D eigenvalue weighted by Crippen LogP contribution is 2.38. The second-order valence-corrected chi connectivity index (χ2v) is 10.00. The molecule has 0 radical (unpaired) electrons. The van der Waals surface area contributed by atoms with Gasteiger partial charge in [-0.05, 0) is 66.1 Å². The molecule has 0 saturated carbocycles. The molecule has 0 aliphatic carbocycles. The molecular formula is C25H18F6N4O3S. The van der Waals surface area contributed by atoms with Gasteiger partial charge in [0.2, 0.25) is 0 Å². The van der Waals surface area contributed by atoms with Crippen molar-refractivity contribution in [2.24, 2.45) is 4.99 Å². The molecule has 204 valence electrons. The lowest BCUT2D eigenvalue weighted by atomic mass is 10.0. The summed E-state index contributed by atoms with van der Waals surface area (Å²) in [7, 11) is 0. The number of hydrogen-bond donors (Lipinski definition) is 1. The number of nitrogens with zero attached hydrogens (tertiary/aromatic N) is 4. The van der Waals surface area contributed by atoms with E-state index in [-0.39, 0.29) is 16.5 Å². The Morgan fingerprint density at radius 1 is 1.10 bits per heavy atom. The minimum Gasteiger partial charge on any atom is -0.480 e. The van der Waals surface area contributed by atoms with Crippen molar-refractivity contribution in [3.05, 3.63) is 69.8 Å². The van der Waals surface area contributed by atoms with Gasteiger partial charge < -0.3 is 10.0 Å². The molecule has 5 rings (SSSR count). The number of halogens is 6. The molecule has 1 fully saturated rings. The third-order valence-corrected chi connectivity index (χ3v) is 7.44. The first-order valence-corrected chi connectivity index (χ1v) is 12.4. The maximum Gasteiger partial charge on any atom is 0.416 e. The molecule has 7 nitrogen and oxygen atoms in total. The third-order valence-electron chi connectivity index (χ3n) is 6.42. The van der Waals surface area contributed by atoms with E-state index in [0.717, 1.165) is 17.8 Å². The minimum atomic E-state index is -5.00. The van der Waals surface area contributed by atoms with Gasteiger partial charge in [0.15, 0.2) is 5.17 Å². The second-order valence-electron chi connectivity index (χ2n) is 8.99. The van der Waals surface area contributed by atoms with Crippen molar-refractivity contribution in [3.63, 3.8) is 0 Å². The number of alkyl halides is 6. The lowest BCUT2D eigenvalue weighted by molar-refractivity contribution is -0.144. The molecule has 2 aliphatic heterocycles. The van der Waals surface area contributed by atoms with E-state index in [4.69, 9.17) is 0 Å². The van der Waals surface area contributed by atoms with Crippen LogP contribution in [-0.2, 0) is 28.5 Å². The molecule has 1 unspecified atom stereocenters. The van der Waals surface area contributed by atoms with Crippen molar-refractivity contribution in [2.45, 2.75) is 37.8 Å². The molecule has 2 aromatic carbocycles. The average molecular weight is 568 g/mol. The molecule has 1 saturated heterocycles. The molecule has 1 amide bonds. The fourth-order valence-electron chi connectivity index (χ4n) is 4.56. The summed E-state index contributed by atoms with van der Waals surface area (Å²) >= 11 is 1.07. The highest BCUT2D eigenvalue weighted by atomic mass is 32.2. The number of aromatic nitrogens is 2. The third kappa shape index (κ3) is 5.37. The number of amides is 1. The highest BCUT2D eigenvalue weighted by molar-refractivity contribution is 8.18. The summed E-state index contributed by atoms with van der Waals surface area (Å²) in [4.78, 5) is 29.8. The van der Waals surface area contributed by atoms with Crippen LogP contribution in [0.5, 0.6) is 0 Å². The van der Waals surface area contributed by atoms with Crippen molar-refractivity contribution in [3.8, 4) is 0 Å². The Labute approximate surface area is 220 Å². The summed E-state index contributed by atoms with van der Waals surface area (Å²) in [6.45, 7) is 0.0620. The Hall–Kier alpha value is -3.81. The highest BCUT2D eigenvalue weighted by Gasteiger charge is 2.39. The number of fused-ring (bicyclic) bond motifs is 1. The topological polar surface area (TPSA) is 87.8 Å². The van der Waals surface area contributed by atoms with Crippen LogP contribution >= 0.6 is 11.8 Å². The largest absolute Gasteiger partial charge is 0.480 e. The average Bonchev–Trinajstić information content (AvgIpc) is 3.57. The second kappa shape index (κ2) is 9.74.